The SMILES string of the molecule is CC1(C)Cc2cn[nH]c2-c2[nH]c3ccc(C(=O)O)cc3c21.CC1(C)Cc2cn[nH]c2-c2[nH]c3ccc(C(N)=O)cc3c21. The van der Waals surface area contributed by atoms with E-state index < -0.39 is 11.9 Å². The molecule has 2 aliphatic carbocycles. The molecule has 0 bridgehead atoms. The maximum atomic E-state index is 11.4. The molecular weight excluding hydrogens is 530 g/mol. The number of aromatic amines is 4. The number of carboxylic acids is 1. The van der Waals surface area contributed by atoms with E-state index in [4.69, 9.17) is 5.73 Å². The molecule has 0 spiro atoms. The zero-order valence-electron chi connectivity index (χ0n) is 23.8. The van der Waals surface area contributed by atoms with Crippen molar-refractivity contribution >= 4 is 33.7 Å². The van der Waals surface area contributed by atoms with E-state index in [0.717, 1.165) is 63.0 Å². The van der Waals surface area contributed by atoms with Gasteiger partial charge in [0.15, 0.2) is 0 Å². The predicted octanol–water partition coefficient (Wildman–Crippen LogP) is 5.58. The van der Waals surface area contributed by atoms with Gasteiger partial charge in [0.1, 0.15) is 0 Å². The van der Waals surface area contributed by atoms with Crippen LogP contribution >= 0.6 is 0 Å². The number of H-pyrrole nitrogens is 4. The highest BCUT2D eigenvalue weighted by molar-refractivity contribution is 6.01. The molecule has 0 radical (unpaired) electrons. The normalized spacial score (nSPS) is 15.7. The third kappa shape index (κ3) is 3.78. The largest absolute Gasteiger partial charge is 0.478 e. The van der Waals surface area contributed by atoms with Gasteiger partial charge in [-0.2, -0.15) is 10.2 Å². The summed E-state index contributed by atoms with van der Waals surface area (Å²) in [4.78, 5) is 29.5. The molecule has 0 saturated heterocycles. The highest BCUT2D eigenvalue weighted by Crippen LogP contribution is 2.47. The number of hydrogen-bond donors (Lipinski definition) is 6. The standard InChI is InChI=1S/C16H16N4O.C16H15N3O2/c1-16(2)6-9-7-18-20-13(9)14-12(16)10-5-8(15(17)21)3-4-11(10)19-14;1-16(2)6-9-7-17-19-13(9)14-12(16)10-5-8(15(20)21)3-4-11(10)18-14/h3-5,7,19H,6H2,1-2H3,(H2,17,21)(H,18,20);3-5,7,18H,6H2,1-2H3,(H,17,19)(H,20,21). The number of nitrogens with one attached hydrogen (secondary N) is 4. The van der Waals surface area contributed by atoms with Crippen LogP contribution in [0.4, 0.5) is 0 Å². The number of hydrogen-bond acceptors (Lipinski definition) is 4. The van der Waals surface area contributed by atoms with Crippen molar-refractivity contribution in [3.63, 3.8) is 0 Å². The summed E-state index contributed by atoms with van der Waals surface area (Å²) < 4.78 is 0. The van der Waals surface area contributed by atoms with Gasteiger partial charge in [-0.15, -0.1) is 0 Å². The van der Waals surface area contributed by atoms with E-state index >= 15 is 0 Å². The van der Waals surface area contributed by atoms with E-state index in [2.05, 4.69) is 58.1 Å². The summed E-state index contributed by atoms with van der Waals surface area (Å²) in [6.07, 6.45) is 5.56. The van der Waals surface area contributed by atoms with Crippen molar-refractivity contribution in [2.45, 2.75) is 51.4 Å². The molecule has 2 aliphatic rings. The van der Waals surface area contributed by atoms with Gasteiger partial charge in [-0.25, -0.2) is 4.79 Å². The summed E-state index contributed by atoms with van der Waals surface area (Å²) in [6, 6.07) is 10.8. The van der Waals surface area contributed by atoms with Gasteiger partial charge in [0.2, 0.25) is 5.91 Å². The summed E-state index contributed by atoms with van der Waals surface area (Å²) in [6.45, 7) is 8.79. The Balaban J connectivity index is 0.000000137. The lowest BCUT2D eigenvalue weighted by Gasteiger charge is -2.30. The highest BCUT2D eigenvalue weighted by atomic mass is 16.4. The fraction of sp³-hybridized carbons (Fsp3) is 0.250. The van der Waals surface area contributed by atoms with Crippen LogP contribution in [-0.2, 0) is 23.7 Å². The van der Waals surface area contributed by atoms with Crippen molar-refractivity contribution in [1.29, 1.82) is 0 Å². The maximum Gasteiger partial charge on any atom is 0.335 e. The first-order valence-corrected chi connectivity index (χ1v) is 13.9. The monoisotopic (exact) mass is 561 g/mol. The van der Waals surface area contributed by atoms with Gasteiger partial charge in [0.25, 0.3) is 0 Å². The molecule has 8 rings (SSSR count). The van der Waals surface area contributed by atoms with E-state index in [1.807, 2.05) is 30.6 Å². The molecule has 6 aromatic rings. The van der Waals surface area contributed by atoms with Crippen LogP contribution in [0.5, 0.6) is 0 Å². The fourth-order valence-corrected chi connectivity index (χ4v) is 6.90. The summed E-state index contributed by atoms with van der Waals surface area (Å²) in [5.41, 5.74) is 17.1. The highest BCUT2D eigenvalue weighted by Gasteiger charge is 2.36. The molecule has 0 fully saturated rings. The molecule has 0 atom stereocenters. The summed E-state index contributed by atoms with van der Waals surface area (Å²) >= 11 is 0. The van der Waals surface area contributed by atoms with Crippen LogP contribution < -0.4 is 5.73 Å². The van der Waals surface area contributed by atoms with E-state index in [1.54, 1.807) is 18.2 Å². The summed E-state index contributed by atoms with van der Waals surface area (Å²) in [7, 11) is 0. The van der Waals surface area contributed by atoms with Crippen LogP contribution in [0, 0.1) is 0 Å². The summed E-state index contributed by atoms with van der Waals surface area (Å²) in [5, 5.41) is 25.7. The lowest BCUT2D eigenvalue weighted by Crippen LogP contribution is -2.24. The molecule has 0 unspecified atom stereocenters. The first-order valence-electron chi connectivity index (χ1n) is 13.9. The Bertz CT molecular complexity index is 1920. The van der Waals surface area contributed by atoms with Crippen LogP contribution in [-0.4, -0.2) is 47.3 Å². The number of rotatable bonds is 2. The molecule has 2 aromatic carbocycles. The molecule has 4 heterocycles. The second-order valence-electron chi connectivity index (χ2n) is 12.6. The zero-order valence-corrected chi connectivity index (χ0v) is 23.8. The molecule has 7 N–H and O–H groups in total. The molecule has 0 saturated carbocycles. The predicted molar refractivity (Wildman–Crippen MR) is 161 cm³/mol. The lowest BCUT2D eigenvalue weighted by molar-refractivity contribution is 0.0696. The van der Waals surface area contributed by atoms with E-state index in [1.165, 1.54) is 16.7 Å². The first-order chi connectivity index (χ1) is 19.9. The van der Waals surface area contributed by atoms with Gasteiger partial charge in [0.05, 0.1) is 40.7 Å². The fourth-order valence-electron chi connectivity index (χ4n) is 6.90. The van der Waals surface area contributed by atoms with Crippen LogP contribution in [0.3, 0.4) is 0 Å². The number of fused-ring (bicyclic) bond motifs is 10. The van der Waals surface area contributed by atoms with Gasteiger partial charge in [-0.1, -0.05) is 27.7 Å². The number of carbonyl (C=O) groups is 2. The van der Waals surface area contributed by atoms with Crippen molar-refractivity contribution in [1.82, 2.24) is 30.4 Å². The Kier molecular flexibility index (Phi) is 5.34. The second kappa shape index (κ2) is 8.69. The van der Waals surface area contributed by atoms with Crippen LogP contribution in [0.1, 0.15) is 70.7 Å². The number of carboxylic acid groups (broad SMARTS) is 1. The number of primary amides is 1. The minimum Gasteiger partial charge on any atom is -0.478 e. The third-order valence-corrected chi connectivity index (χ3v) is 8.68. The van der Waals surface area contributed by atoms with E-state index in [9.17, 15) is 14.7 Å². The van der Waals surface area contributed by atoms with E-state index in [-0.39, 0.29) is 10.8 Å². The average molecular weight is 562 g/mol. The van der Waals surface area contributed by atoms with Crippen LogP contribution in [0.15, 0.2) is 48.8 Å². The van der Waals surface area contributed by atoms with Gasteiger partial charge in [-0.05, 0) is 71.2 Å². The Hall–Kier alpha value is -5.12. The number of carbonyl (C=O) groups excluding carboxylic acids is 1. The minimum atomic E-state index is -0.900. The van der Waals surface area contributed by atoms with Gasteiger partial charge >= 0.3 is 5.97 Å². The number of benzene rings is 2. The molecule has 1 amide bonds. The van der Waals surface area contributed by atoms with Crippen LogP contribution in [0.2, 0.25) is 0 Å². The Morgan fingerprint density at radius 2 is 1.19 bits per heavy atom. The van der Waals surface area contributed by atoms with Crippen molar-refractivity contribution in [2.24, 2.45) is 5.73 Å². The quantitative estimate of drug-likeness (QED) is 0.162. The second-order valence-corrected chi connectivity index (χ2v) is 12.6. The molecule has 10 heteroatoms. The molecular formula is C32H31N7O3. The minimum absolute atomic E-state index is 0.0271. The number of aromatic nitrogens is 6. The van der Waals surface area contributed by atoms with Crippen molar-refractivity contribution in [2.75, 3.05) is 0 Å². The average Bonchev–Trinajstić information content (AvgIpc) is 3.70. The maximum absolute atomic E-state index is 11.4. The Morgan fingerprint density at radius 1 is 0.738 bits per heavy atom. The van der Waals surface area contributed by atoms with Crippen molar-refractivity contribution in [3.05, 3.63) is 82.2 Å². The number of nitrogens with two attached hydrogens (primary N) is 1. The van der Waals surface area contributed by atoms with Gasteiger partial charge < -0.3 is 20.8 Å². The Morgan fingerprint density at radius 3 is 1.64 bits per heavy atom. The number of nitrogens with zero attached hydrogens (tertiary/aromatic N) is 2. The number of amides is 1. The Labute approximate surface area is 240 Å². The molecule has 0 aliphatic heterocycles. The summed E-state index contributed by atoms with van der Waals surface area (Å²) in [5.74, 6) is -1.30. The topological polar surface area (TPSA) is 169 Å². The zero-order chi connectivity index (χ0) is 29.6. The van der Waals surface area contributed by atoms with Crippen molar-refractivity contribution < 1.29 is 14.7 Å². The molecule has 10 nitrogen and oxygen atoms in total. The first kappa shape index (κ1) is 25.8. The van der Waals surface area contributed by atoms with E-state index in [0.29, 0.717) is 11.1 Å². The molecule has 42 heavy (non-hydrogen) atoms. The molecule has 212 valence electrons. The van der Waals surface area contributed by atoms with Gasteiger partial charge in [0, 0.05) is 38.5 Å². The lowest BCUT2D eigenvalue weighted by atomic mass is 9.73. The van der Waals surface area contributed by atoms with Crippen molar-refractivity contribution in [3.8, 4) is 22.8 Å². The third-order valence-electron chi connectivity index (χ3n) is 8.68. The smallest absolute Gasteiger partial charge is 0.335 e. The molecule has 4 aromatic heterocycles. The van der Waals surface area contributed by atoms with Gasteiger partial charge in [-0.3, -0.25) is 15.0 Å². The number of aromatic carboxylic acids is 1. The van der Waals surface area contributed by atoms with Crippen LogP contribution in [0.25, 0.3) is 44.6 Å².